The van der Waals surface area contributed by atoms with Crippen LogP contribution in [-0.2, 0) is 25.8 Å². The molecule has 1 aromatic carbocycles. The first-order valence-electron chi connectivity index (χ1n) is 13.2. The maximum Gasteiger partial charge on any atom is 0.434 e. The minimum absolute atomic E-state index is 0.170. The molecule has 0 atom stereocenters. The Morgan fingerprint density at radius 3 is 2.52 bits per heavy atom. The Morgan fingerprint density at radius 2 is 1.85 bits per heavy atom. The second-order valence-electron chi connectivity index (χ2n) is 10.3. The number of hydrogen-bond donors (Lipinski definition) is 2. The van der Waals surface area contributed by atoms with Gasteiger partial charge in [0.2, 0.25) is 5.88 Å². The average Bonchev–Trinajstić information content (AvgIpc) is 3.48. The molecule has 9 nitrogen and oxygen atoms in total. The Hall–Kier alpha value is -4.06. The van der Waals surface area contributed by atoms with Gasteiger partial charge in [0.15, 0.2) is 11.5 Å². The van der Waals surface area contributed by atoms with E-state index in [-0.39, 0.29) is 11.9 Å². The number of methoxy groups -OCH3 is 1. The summed E-state index contributed by atoms with van der Waals surface area (Å²) in [6, 6.07) is 7.19. The molecule has 0 saturated heterocycles. The first kappa shape index (κ1) is 26.2. The van der Waals surface area contributed by atoms with Crippen molar-refractivity contribution in [2.75, 3.05) is 12.4 Å². The number of imidazole rings is 1. The molecule has 0 unspecified atom stereocenters. The van der Waals surface area contributed by atoms with Crippen LogP contribution in [0.3, 0.4) is 0 Å². The highest BCUT2D eigenvalue weighted by atomic mass is 19.4. The molecule has 4 heterocycles. The smallest absolute Gasteiger partial charge is 0.434 e. The zero-order valence-corrected chi connectivity index (χ0v) is 22.4. The summed E-state index contributed by atoms with van der Waals surface area (Å²) < 4.78 is 47.0. The van der Waals surface area contributed by atoms with Gasteiger partial charge in [-0.2, -0.15) is 13.2 Å². The molecule has 1 fully saturated rings. The van der Waals surface area contributed by atoms with Crippen LogP contribution in [-0.4, -0.2) is 36.6 Å². The van der Waals surface area contributed by atoms with E-state index in [1.54, 1.807) is 23.8 Å². The second-order valence-corrected chi connectivity index (χ2v) is 10.3. The molecule has 1 saturated carbocycles. The van der Waals surface area contributed by atoms with E-state index < -0.39 is 11.9 Å². The van der Waals surface area contributed by atoms with E-state index in [1.807, 2.05) is 26.0 Å². The van der Waals surface area contributed by atoms with Gasteiger partial charge in [0.05, 0.1) is 18.5 Å². The quantitative estimate of drug-likeness (QED) is 0.297. The van der Waals surface area contributed by atoms with Crippen molar-refractivity contribution in [3.63, 3.8) is 0 Å². The number of nitrogens with one attached hydrogen (secondary N) is 2. The molecule has 0 bridgehead atoms. The van der Waals surface area contributed by atoms with Crippen LogP contribution >= 0.6 is 0 Å². The van der Waals surface area contributed by atoms with Crippen LogP contribution in [0.1, 0.15) is 66.9 Å². The lowest BCUT2D eigenvalue weighted by Gasteiger charge is -2.15. The number of benzene rings is 1. The Bertz CT molecular complexity index is 1540. The van der Waals surface area contributed by atoms with Crippen molar-refractivity contribution < 1.29 is 17.9 Å². The highest BCUT2D eigenvalue weighted by molar-refractivity contribution is 5.68. The lowest BCUT2D eigenvalue weighted by molar-refractivity contribution is -0.140. The molecule has 3 aromatic heterocycles. The van der Waals surface area contributed by atoms with Crippen LogP contribution in [0.5, 0.6) is 5.88 Å². The number of ether oxygens (including phenoxy) is 1. The van der Waals surface area contributed by atoms with Gasteiger partial charge in [0, 0.05) is 48.9 Å². The van der Waals surface area contributed by atoms with E-state index in [0.29, 0.717) is 48.6 Å². The number of aromatic nitrogens is 6. The predicted octanol–water partition coefficient (Wildman–Crippen LogP) is 5.50. The lowest BCUT2D eigenvalue weighted by Crippen LogP contribution is -2.09. The first-order valence-corrected chi connectivity index (χ1v) is 13.2. The molecule has 2 N–H and O–H groups in total. The normalized spacial score (nSPS) is 15.0. The number of halogens is 3. The summed E-state index contributed by atoms with van der Waals surface area (Å²) in [6.07, 6.45) is 0.217. The molecule has 2 aliphatic rings. The second kappa shape index (κ2) is 10.2. The number of anilines is 1. The van der Waals surface area contributed by atoms with Gasteiger partial charge in [-0.15, -0.1) is 0 Å². The zero-order valence-electron chi connectivity index (χ0n) is 22.4. The Morgan fingerprint density at radius 1 is 1.07 bits per heavy atom. The lowest BCUT2D eigenvalue weighted by atomic mass is 10.1. The van der Waals surface area contributed by atoms with Crippen LogP contribution in [0, 0.1) is 0 Å². The summed E-state index contributed by atoms with van der Waals surface area (Å²) in [5.41, 5.74) is 4.22. The van der Waals surface area contributed by atoms with E-state index in [9.17, 15) is 13.2 Å². The van der Waals surface area contributed by atoms with Crippen molar-refractivity contribution in [2.45, 2.75) is 64.5 Å². The van der Waals surface area contributed by atoms with Gasteiger partial charge in [0.25, 0.3) is 0 Å². The molecule has 4 aromatic rings. The summed E-state index contributed by atoms with van der Waals surface area (Å²) >= 11 is 0. The fraction of sp³-hybridized carbons (Fsp3) is 0.393. The van der Waals surface area contributed by atoms with E-state index in [4.69, 9.17) is 14.7 Å². The summed E-state index contributed by atoms with van der Waals surface area (Å²) in [7, 11) is 1.58. The summed E-state index contributed by atoms with van der Waals surface area (Å²) in [4.78, 5) is 22.5. The fourth-order valence-corrected chi connectivity index (χ4v) is 4.93. The van der Waals surface area contributed by atoms with Gasteiger partial charge < -0.3 is 19.9 Å². The predicted molar refractivity (Wildman–Crippen MR) is 143 cm³/mol. The summed E-state index contributed by atoms with van der Waals surface area (Å²) in [5, 5.41) is 6.79. The van der Waals surface area contributed by atoms with Crippen LogP contribution in [0.4, 0.5) is 19.0 Å². The fourth-order valence-electron chi connectivity index (χ4n) is 4.93. The van der Waals surface area contributed by atoms with Crippen molar-refractivity contribution in [2.24, 2.45) is 0 Å². The van der Waals surface area contributed by atoms with Gasteiger partial charge in [-0.05, 0) is 32.3 Å². The number of alkyl halides is 3. The number of hydrogen-bond acceptors (Lipinski definition) is 8. The molecular formula is C28H29F3N8O. The molecular weight excluding hydrogens is 521 g/mol. The van der Waals surface area contributed by atoms with Crippen LogP contribution < -0.4 is 15.4 Å². The topological polar surface area (TPSA) is 103 Å². The third-order valence-electron chi connectivity index (χ3n) is 7.16. The largest absolute Gasteiger partial charge is 0.480 e. The van der Waals surface area contributed by atoms with Crippen LogP contribution in [0.15, 0.2) is 36.8 Å². The molecule has 0 radical (unpaired) electrons. The molecule has 1 aliphatic heterocycles. The molecule has 0 amide bonds. The van der Waals surface area contributed by atoms with E-state index in [1.165, 1.54) is 6.33 Å². The summed E-state index contributed by atoms with van der Waals surface area (Å²) in [6.45, 7) is 5.41. The molecule has 0 spiro atoms. The SMILES string of the molecule is COc1ncnc(C2CC2)c1-c1nc2c(c(NCc3ccc(-c4nc(C(F)(F)F)cn4C(C)C)cc3)n1)CNC2. The minimum atomic E-state index is -4.50. The minimum Gasteiger partial charge on any atom is -0.480 e. The molecule has 1 aliphatic carbocycles. The summed E-state index contributed by atoms with van der Waals surface area (Å²) in [5.74, 6) is 2.34. The van der Waals surface area contributed by atoms with Crippen molar-refractivity contribution in [1.29, 1.82) is 0 Å². The van der Waals surface area contributed by atoms with Crippen molar-refractivity contribution in [3.05, 3.63) is 65.0 Å². The van der Waals surface area contributed by atoms with Crippen LogP contribution in [0.25, 0.3) is 22.8 Å². The highest BCUT2D eigenvalue weighted by Gasteiger charge is 2.35. The van der Waals surface area contributed by atoms with Gasteiger partial charge in [-0.3, -0.25) is 0 Å². The average molecular weight is 551 g/mol. The first-order chi connectivity index (χ1) is 19.2. The maximum absolute atomic E-state index is 13.3. The van der Waals surface area contributed by atoms with Gasteiger partial charge in [-0.1, -0.05) is 24.3 Å². The number of rotatable bonds is 8. The maximum atomic E-state index is 13.3. The van der Waals surface area contributed by atoms with Gasteiger partial charge in [-0.25, -0.2) is 24.9 Å². The van der Waals surface area contributed by atoms with E-state index >= 15 is 0 Å². The monoisotopic (exact) mass is 550 g/mol. The molecule has 40 heavy (non-hydrogen) atoms. The van der Waals surface area contributed by atoms with E-state index in [0.717, 1.165) is 47.1 Å². The molecule has 12 heteroatoms. The molecule has 6 rings (SSSR count). The van der Waals surface area contributed by atoms with Crippen molar-refractivity contribution >= 4 is 5.82 Å². The van der Waals surface area contributed by atoms with Crippen molar-refractivity contribution in [1.82, 2.24) is 34.8 Å². The zero-order chi connectivity index (χ0) is 28.0. The van der Waals surface area contributed by atoms with E-state index in [2.05, 4.69) is 25.6 Å². The Kier molecular flexibility index (Phi) is 6.65. The van der Waals surface area contributed by atoms with Gasteiger partial charge in [0.1, 0.15) is 23.5 Å². The highest BCUT2D eigenvalue weighted by Crippen LogP contribution is 2.45. The Labute approximate surface area is 229 Å². The third-order valence-corrected chi connectivity index (χ3v) is 7.16. The van der Waals surface area contributed by atoms with Gasteiger partial charge >= 0.3 is 6.18 Å². The number of nitrogens with zero attached hydrogens (tertiary/aromatic N) is 6. The van der Waals surface area contributed by atoms with Crippen LogP contribution in [0.2, 0.25) is 0 Å². The van der Waals surface area contributed by atoms with Crippen molar-refractivity contribution in [3.8, 4) is 28.7 Å². The molecule has 208 valence electrons. The Balaban J connectivity index is 1.27. The standard InChI is InChI=1S/C28H29F3N8O/c1-15(2)39-13-21(28(29,30)31)37-26(39)18-6-4-16(5-7-18)10-33-24-19-11-32-12-20(19)36-25(38-24)22-23(17-8-9-17)34-14-35-27(22)40-3/h4-7,13-15,17,32H,8-12H2,1-3H3,(H,33,36,38). The number of fused-ring (bicyclic) bond motifs is 1. The third kappa shape index (κ3) is 4.99.